The molecule has 1 aliphatic rings. The number of hydrogen-bond acceptors (Lipinski definition) is 6. The molecule has 0 radical (unpaired) electrons. The van der Waals surface area contributed by atoms with E-state index in [-0.39, 0.29) is 18.1 Å². The highest BCUT2D eigenvalue weighted by molar-refractivity contribution is 5.95. The quantitative estimate of drug-likeness (QED) is 0.526. The molecule has 2 N–H and O–H groups in total. The second kappa shape index (κ2) is 9.99. The summed E-state index contributed by atoms with van der Waals surface area (Å²) >= 11 is 0. The minimum absolute atomic E-state index is 0.248. The largest absolute Gasteiger partial charge is 0.573 e. The summed E-state index contributed by atoms with van der Waals surface area (Å²) in [5.41, 5.74) is 2.49. The molecule has 2 aromatic carbocycles. The molecule has 4 rings (SSSR count). The number of pyridine rings is 1. The van der Waals surface area contributed by atoms with Crippen molar-refractivity contribution in [3.05, 3.63) is 54.1 Å². The van der Waals surface area contributed by atoms with Crippen molar-refractivity contribution in [2.75, 3.05) is 29.9 Å². The molecule has 186 valence electrons. The van der Waals surface area contributed by atoms with Crippen LogP contribution in [-0.2, 0) is 4.79 Å². The van der Waals surface area contributed by atoms with E-state index in [1.54, 1.807) is 6.07 Å². The van der Waals surface area contributed by atoms with E-state index in [0.29, 0.717) is 17.8 Å². The molecule has 2 heterocycles. The molecular weight excluding hydrogens is 461 g/mol. The molecular formula is C25H27F3N4O3. The van der Waals surface area contributed by atoms with Gasteiger partial charge in [-0.2, -0.15) is 0 Å². The number of amides is 1. The van der Waals surface area contributed by atoms with Gasteiger partial charge in [-0.1, -0.05) is 0 Å². The molecule has 35 heavy (non-hydrogen) atoms. The molecule has 7 nitrogen and oxygen atoms in total. The molecule has 2 unspecified atom stereocenters. The van der Waals surface area contributed by atoms with Gasteiger partial charge in [0.05, 0.1) is 5.52 Å². The van der Waals surface area contributed by atoms with Gasteiger partial charge >= 0.3 is 6.36 Å². The van der Waals surface area contributed by atoms with E-state index in [2.05, 4.69) is 40.2 Å². The fraction of sp³-hybridized carbons (Fsp3) is 0.360. The number of carbonyl (C=O) groups is 1. The average molecular weight is 489 g/mol. The summed E-state index contributed by atoms with van der Waals surface area (Å²) in [7, 11) is 0. The van der Waals surface area contributed by atoms with Crippen molar-refractivity contribution in [3.8, 4) is 11.5 Å². The highest BCUT2D eigenvalue weighted by Crippen LogP contribution is 2.27. The zero-order valence-electron chi connectivity index (χ0n) is 19.6. The first-order valence-corrected chi connectivity index (χ1v) is 11.3. The van der Waals surface area contributed by atoms with Crippen LogP contribution in [0.1, 0.15) is 19.4 Å². The van der Waals surface area contributed by atoms with E-state index < -0.39 is 12.3 Å². The Bertz CT molecular complexity index is 1190. The first-order chi connectivity index (χ1) is 16.6. The fourth-order valence-corrected chi connectivity index (χ4v) is 4.21. The number of aromatic nitrogens is 1. The smallest absolute Gasteiger partial charge is 0.484 e. The summed E-state index contributed by atoms with van der Waals surface area (Å²) < 4.78 is 45.9. The maximum absolute atomic E-state index is 12.3. The Morgan fingerprint density at radius 3 is 2.40 bits per heavy atom. The van der Waals surface area contributed by atoms with Gasteiger partial charge in [0.1, 0.15) is 17.3 Å². The normalized spacial score (nSPS) is 18.4. The van der Waals surface area contributed by atoms with Gasteiger partial charge in [-0.3, -0.25) is 4.79 Å². The Morgan fingerprint density at radius 2 is 1.74 bits per heavy atom. The minimum Gasteiger partial charge on any atom is -0.484 e. The van der Waals surface area contributed by atoms with Crippen LogP contribution in [0.5, 0.6) is 11.5 Å². The molecule has 1 aromatic heterocycles. The summed E-state index contributed by atoms with van der Waals surface area (Å²) in [4.78, 5) is 19.5. The Labute approximate surface area is 201 Å². The van der Waals surface area contributed by atoms with Crippen molar-refractivity contribution in [2.24, 2.45) is 0 Å². The summed E-state index contributed by atoms with van der Waals surface area (Å²) in [6.45, 7) is 7.80. The third-order valence-electron chi connectivity index (χ3n) is 5.59. The van der Waals surface area contributed by atoms with Crippen LogP contribution in [0.25, 0.3) is 10.9 Å². The van der Waals surface area contributed by atoms with E-state index in [4.69, 9.17) is 9.72 Å². The van der Waals surface area contributed by atoms with Crippen molar-refractivity contribution < 1.29 is 27.4 Å². The Hall–Kier alpha value is -3.53. The predicted molar refractivity (Wildman–Crippen MR) is 128 cm³/mol. The molecule has 3 aromatic rings. The van der Waals surface area contributed by atoms with E-state index in [1.807, 2.05) is 19.1 Å². The average Bonchev–Trinajstić information content (AvgIpc) is 2.77. The highest BCUT2D eigenvalue weighted by atomic mass is 19.4. The number of rotatable bonds is 6. The first kappa shape index (κ1) is 24.6. The lowest BCUT2D eigenvalue weighted by molar-refractivity contribution is -0.274. The van der Waals surface area contributed by atoms with E-state index in [9.17, 15) is 18.0 Å². The number of benzene rings is 2. The molecule has 1 amide bonds. The number of ether oxygens (including phenoxy) is 2. The van der Waals surface area contributed by atoms with Crippen LogP contribution < -0.4 is 25.0 Å². The molecule has 1 fully saturated rings. The Balaban J connectivity index is 1.38. The standard InChI is InChI=1S/C25H27F3N4O3/c1-15-10-23(32-12-16(2)29-17(3)13-32)31-22-9-4-18(11-21(15)22)30-24(33)14-34-19-5-7-20(8-6-19)35-25(26,27)28/h4-11,16-17,29H,12-14H2,1-3H3,(H,30,33). The van der Waals surface area contributed by atoms with Crippen LogP contribution >= 0.6 is 0 Å². The third kappa shape index (κ3) is 6.54. The number of aryl methyl sites for hydroxylation is 1. The van der Waals surface area contributed by atoms with Gasteiger partial charge in [-0.05, 0) is 74.9 Å². The van der Waals surface area contributed by atoms with E-state index >= 15 is 0 Å². The SMILES string of the molecule is Cc1cc(N2CC(C)NC(C)C2)nc2ccc(NC(=O)COc3ccc(OC(F)(F)F)cc3)cc12. The molecule has 10 heteroatoms. The van der Waals surface area contributed by atoms with E-state index in [1.165, 1.54) is 12.1 Å². The summed E-state index contributed by atoms with van der Waals surface area (Å²) in [6.07, 6.45) is -4.76. The zero-order chi connectivity index (χ0) is 25.2. The monoisotopic (exact) mass is 488 g/mol. The summed E-state index contributed by atoms with van der Waals surface area (Å²) in [5.74, 6) is 0.425. The summed E-state index contributed by atoms with van der Waals surface area (Å²) in [6, 6.07) is 13.2. The first-order valence-electron chi connectivity index (χ1n) is 11.3. The number of nitrogens with one attached hydrogen (secondary N) is 2. The fourth-order valence-electron chi connectivity index (χ4n) is 4.21. The lowest BCUT2D eigenvalue weighted by Gasteiger charge is -2.37. The topological polar surface area (TPSA) is 75.7 Å². The molecule has 0 aliphatic carbocycles. The van der Waals surface area contributed by atoms with Crippen LogP contribution in [0, 0.1) is 6.92 Å². The van der Waals surface area contributed by atoms with Crippen LogP contribution in [-0.4, -0.2) is 49.0 Å². The lowest BCUT2D eigenvalue weighted by atomic mass is 10.1. The van der Waals surface area contributed by atoms with Gasteiger partial charge in [0.2, 0.25) is 0 Å². The maximum atomic E-state index is 12.3. The molecule has 1 aliphatic heterocycles. The Morgan fingerprint density at radius 1 is 1.09 bits per heavy atom. The van der Waals surface area contributed by atoms with Gasteiger partial charge in [0.15, 0.2) is 6.61 Å². The third-order valence-corrected chi connectivity index (χ3v) is 5.59. The molecule has 1 saturated heterocycles. The Kier molecular flexibility index (Phi) is 7.02. The second-order valence-corrected chi connectivity index (χ2v) is 8.76. The molecule has 0 spiro atoms. The number of halogens is 3. The second-order valence-electron chi connectivity index (χ2n) is 8.76. The number of fused-ring (bicyclic) bond motifs is 1. The zero-order valence-corrected chi connectivity index (χ0v) is 19.6. The van der Waals surface area contributed by atoms with E-state index in [0.717, 1.165) is 47.5 Å². The van der Waals surface area contributed by atoms with Crippen LogP contribution in [0.3, 0.4) is 0 Å². The van der Waals surface area contributed by atoms with Crippen molar-refractivity contribution in [2.45, 2.75) is 39.2 Å². The molecule has 2 atom stereocenters. The van der Waals surface area contributed by atoms with Gasteiger partial charge < -0.3 is 25.0 Å². The van der Waals surface area contributed by atoms with Crippen molar-refractivity contribution >= 4 is 28.3 Å². The number of anilines is 2. The van der Waals surface area contributed by atoms with Gasteiger partial charge in [-0.15, -0.1) is 13.2 Å². The number of carbonyl (C=O) groups excluding carboxylic acids is 1. The maximum Gasteiger partial charge on any atom is 0.573 e. The predicted octanol–water partition coefficient (Wildman–Crippen LogP) is 4.65. The molecule has 0 bridgehead atoms. The highest BCUT2D eigenvalue weighted by Gasteiger charge is 2.31. The minimum atomic E-state index is -4.76. The lowest BCUT2D eigenvalue weighted by Crippen LogP contribution is -2.54. The van der Waals surface area contributed by atoms with Crippen molar-refractivity contribution in [1.29, 1.82) is 0 Å². The number of alkyl halides is 3. The van der Waals surface area contributed by atoms with Gasteiger partial charge in [0, 0.05) is 36.2 Å². The number of piperazine rings is 1. The van der Waals surface area contributed by atoms with Crippen molar-refractivity contribution in [1.82, 2.24) is 10.3 Å². The van der Waals surface area contributed by atoms with Gasteiger partial charge in [0.25, 0.3) is 5.91 Å². The van der Waals surface area contributed by atoms with Crippen LogP contribution in [0.4, 0.5) is 24.7 Å². The number of hydrogen-bond donors (Lipinski definition) is 2. The van der Waals surface area contributed by atoms with Gasteiger partial charge in [-0.25, -0.2) is 4.98 Å². The van der Waals surface area contributed by atoms with Crippen LogP contribution in [0.2, 0.25) is 0 Å². The summed E-state index contributed by atoms with van der Waals surface area (Å²) in [5, 5.41) is 7.24. The number of nitrogens with zero attached hydrogens (tertiary/aromatic N) is 2. The van der Waals surface area contributed by atoms with Crippen LogP contribution in [0.15, 0.2) is 48.5 Å². The van der Waals surface area contributed by atoms with Crippen molar-refractivity contribution in [3.63, 3.8) is 0 Å². The molecule has 0 saturated carbocycles.